The number of piperidine rings is 1. The normalized spacial score (nSPS) is 19.9. The molecule has 41 heavy (non-hydrogen) atoms. The number of fused-ring (bicyclic) bond motifs is 1. The van der Waals surface area contributed by atoms with Gasteiger partial charge in [0, 0.05) is 35.8 Å². The van der Waals surface area contributed by atoms with Crippen molar-refractivity contribution in [2.24, 2.45) is 5.41 Å². The van der Waals surface area contributed by atoms with Crippen LogP contribution in [-0.4, -0.2) is 47.8 Å². The van der Waals surface area contributed by atoms with Crippen molar-refractivity contribution in [1.82, 2.24) is 15.1 Å². The van der Waals surface area contributed by atoms with Gasteiger partial charge in [0.1, 0.15) is 5.82 Å². The number of amides is 2. The maximum absolute atomic E-state index is 14.3. The number of aryl methyl sites for hydroxylation is 2. The van der Waals surface area contributed by atoms with Crippen molar-refractivity contribution >= 4 is 35.0 Å². The molecule has 0 aromatic heterocycles. The molecular formula is C33H34Cl2FN3O2. The summed E-state index contributed by atoms with van der Waals surface area (Å²) in [7, 11) is 0. The molecule has 3 aromatic carbocycles. The molecule has 0 bridgehead atoms. The molecule has 2 amide bonds. The maximum Gasteiger partial charge on any atom is 0.253 e. The van der Waals surface area contributed by atoms with E-state index in [2.05, 4.69) is 10.2 Å². The number of hydrogen-bond donors (Lipinski definition) is 1. The molecule has 2 saturated heterocycles. The second-order valence-corrected chi connectivity index (χ2v) is 12.7. The molecule has 2 fully saturated rings. The first-order valence-electron chi connectivity index (χ1n) is 14.4. The van der Waals surface area contributed by atoms with E-state index in [1.807, 2.05) is 42.2 Å². The minimum Gasteiger partial charge on any atom is -0.345 e. The molecule has 1 unspecified atom stereocenters. The van der Waals surface area contributed by atoms with Gasteiger partial charge >= 0.3 is 0 Å². The fraction of sp³-hybridized carbons (Fsp3) is 0.394. The lowest BCUT2D eigenvalue weighted by atomic mass is 9.77. The van der Waals surface area contributed by atoms with Crippen LogP contribution in [0.1, 0.15) is 74.7 Å². The Labute approximate surface area is 250 Å². The van der Waals surface area contributed by atoms with Crippen molar-refractivity contribution in [3.8, 4) is 0 Å². The number of hydrogen-bond acceptors (Lipinski definition) is 3. The fourth-order valence-electron chi connectivity index (χ4n) is 6.83. The van der Waals surface area contributed by atoms with Crippen molar-refractivity contribution in [3.05, 3.63) is 104 Å². The molecule has 1 N–H and O–H groups in total. The average molecular weight is 595 g/mol. The topological polar surface area (TPSA) is 52.7 Å². The third-order valence-electron chi connectivity index (χ3n) is 9.31. The van der Waals surface area contributed by atoms with Gasteiger partial charge in [-0.05, 0) is 105 Å². The molecule has 2 heterocycles. The van der Waals surface area contributed by atoms with E-state index < -0.39 is 0 Å². The van der Waals surface area contributed by atoms with Crippen molar-refractivity contribution in [2.45, 2.75) is 51.6 Å². The minimum absolute atomic E-state index is 0.0455. The molecule has 1 spiro atoms. The number of carbonyl (C=O) groups is 2. The quantitative estimate of drug-likeness (QED) is 0.347. The minimum atomic E-state index is -0.259. The highest BCUT2D eigenvalue weighted by Gasteiger charge is 2.42. The monoisotopic (exact) mass is 593 g/mol. The summed E-state index contributed by atoms with van der Waals surface area (Å²) in [6.45, 7) is 5.58. The van der Waals surface area contributed by atoms with Gasteiger partial charge in [-0.15, -0.1) is 0 Å². The molecule has 1 atom stereocenters. The third kappa shape index (κ3) is 5.62. The molecule has 0 saturated carbocycles. The Balaban J connectivity index is 1.09. The lowest BCUT2D eigenvalue weighted by Gasteiger charge is -2.39. The second kappa shape index (κ2) is 11.4. The van der Waals surface area contributed by atoms with E-state index in [0.29, 0.717) is 33.3 Å². The van der Waals surface area contributed by atoms with E-state index in [0.717, 1.165) is 69.4 Å². The molecule has 214 valence electrons. The van der Waals surface area contributed by atoms with Crippen LogP contribution in [0.4, 0.5) is 4.39 Å². The molecule has 6 rings (SSSR count). The first kappa shape index (κ1) is 28.2. The molecule has 1 aliphatic carbocycles. The summed E-state index contributed by atoms with van der Waals surface area (Å²) in [4.78, 5) is 31.0. The summed E-state index contributed by atoms with van der Waals surface area (Å²) < 4.78 is 14.3. The SMILES string of the molecule is Cc1cccc(Cl)c1C(=O)NC1CCc2ccc(C(=O)N3CCC4(CCN(Cc5c(F)cccc5Cl)CC4)C3)cc21. The Morgan fingerprint density at radius 2 is 1.73 bits per heavy atom. The third-order valence-corrected chi connectivity index (χ3v) is 9.98. The van der Waals surface area contributed by atoms with Gasteiger partial charge in [0.2, 0.25) is 0 Å². The van der Waals surface area contributed by atoms with E-state index in [-0.39, 0.29) is 29.1 Å². The summed E-state index contributed by atoms with van der Waals surface area (Å²) >= 11 is 12.6. The van der Waals surface area contributed by atoms with Crippen LogP contribution in [-0.2, 0) is 13.0 Å². The Morgan fingerprint density at radius 1 is 1.00 bits per heavy atom. The Kier molecular flexibility index (Phi) is 7.84. The number of nitrogens with one attached hydrogen (secondary N) is 1. The number of carbonyl (C=O) groups excluding carboxylic acids is 2. The molecular weight excluding hydrogens is 560 g/mol. The number of likely N-dealkylation sites (tertiary alicyclic amines) is 2. The van der Waals surface area contributed by atoms with Crippen LogP contribution in [0.5, 0.6) is 0 Å². The molecule has 2 aliphatic heterocycles. The zero-order valence-electron chi connectivity index (χ0n) is 23.2. The van der Waals surface area contributed by atoms with Crippen LogP contribution in [0.3, 0.4) is 0 Å². The number of benzene rings is 3. The van der Waals surface area contributed by atoms with E-state index in [1.54, 1.807) is 18.2 Å². The second-order valence-electron chi connectivity index (χ2n) is 11.9. The molecule has 0 radical (unpaired) electrons. The van der Waals surface area contributed by atoms with Crippen LogP contribution in [0, 0.1) is 18.2 Å². The number of rotatable bonds is 5. The summed E-state index contributed by atoms with van der Waals surface area (Å²) in [5, 5.41) is 4.07. The van der Waals surface area contributed by atoms with Gasteiger partial charge in [0.05, 0.1) is 16.6 Å². The predicted octanol–water partition coefficient (Wildman–Crippen LogP) is 6.99. The van der Waals surface area contributed by atoms with Gasteiger partial charge in [-0.25, -0.2) is 4.39 Å². The van der Waals surface area contributed by atoms with Crippen LogP contribution < -0.4 is 5.32 Å². The van der Waals surface area contributed by atoms with Gasteiger partial charge in [0.15, 0.2) is 0 Å². The van der Waals surface area contributed by atoms with Gasteiger partial charge in [-0.3, -0.25) is 14.5 Å². The summed E-state index contributed by atoms with van der Waals surface area (Å²) in [6, 6.07) is 16.1. The predicted molar refractivity (Wildman–Crippen MR) is 160 cm³/mol. The van der Waals surface area contributed by atoms with Crippen molar-refractivity contribution < 1.29 is 14.0 Å². The summed E-state index contributed by atoms with van der Waals surface area (Å²) in [5.41, 5.74) is 4.85. The largest absolute Gasteiger partial charge is 0.345 e. The zero-order valence-corrected chi connectivity index (χ0v) is 24.7. The van der Waals surface area contributed by atoms with Gasteiger partial charge in [-0.1, -0.05) is 47.5 Å². The average Bonchev–Trinajstić information content (AvgIpc) is 3.55. The Morgan fingerprint density at radius 3 is 2.49 bits per heavy atom. The lowest BCUT2D eigenvalue weighted by molar-refractivity contribution is 0.0712. The molecule has 3 aromatic rings. The highest BCUT2D eigenvalue weighted by molar-refractivity contribution is 6.34. The molecule has 5 nitrogen and oxygen atoms in total. The van der Waals surface area contributed by atoms with E-state index in [1.165, 1.54) is 11.6 Å². The maximum atomic E-state index is 14.3. The van der Waals surface area contributed by atoms with Crippen LogP contribution >= 0.6 is 23.2 Å². The van der Waals surface area contributed by atoms with Gasteiger partial charge in [-0.2, -0.15) is 0 Å². The van der Waals surface area contributed by atoms with E-state index in [9.17, 15) is 14.0 Å². The Bertz CT molecular complexity index is 1460. The van der Waals surface area contributed by atoms with Crippen molar-refractivity contribution in [1.29, 1.82) is 0 Å². The van der Waals surface area contributed by atoms with Crippen molar-refractivity contribution in [2.75, 3.05) is 26.2 Å². The standard InChI is InChI=1S/C33H34Cl2FN3O2/c1-21-4-2-6-27(35)30(21)31(40)37-29-11-10-22-8-9-23(18-24(22)29)32(41)39-17-14-33(20-39)12-15-38(16-13-33)19-25-26(34)5-3-7-28(25)36/h2-9,18,29H,10-17,19-20H2,1H3,(H,37,40). The highest BCUT2D eigenvalue weighted by Crippen LogP contribution is 2.42. The van der Waals surface area contributed by atoms with Crippen LogP contribution in [0.25, 0.3) is 0 Å². The van der Waals surface area contributed by atoms with Crippen molar-refractivity contribution in [3.63, 3.8) is 0 Å². The first-order chi connectivity index (χ1) is 19.7. The highest BCUT2D eigenvalue weighted by atomic mass is 35.5. The fourth-order valence-corrected chi connectivity index (χ4v) is 7.36. The van der Waals surface area contributed by atoms with Crippen LogP contribution in [0.15, 0.2) is 54.6 Å². The summed E-state index contributed by atoms with van der Waals surface area (Å²) in [5.74, 6) is -0.400. The van der Waals surface area contributed by atoms with Crippen LogP contribution in [0.2, 0.25) is 10.0 Å². The molecule has 8 heteroatoms. The smallest absolute Gasteiger partial charge is 0.253 e. The van der Waals surface area contributed by atoms with E-state index in [4.69, 9.17) is 23.2 Å². The lowest BCUT2D eigenvalue weighted by Crippen LogP contribution is -2.42. The van der Waals surface area contributed by atoms with E-state index >= 15 is 0 Å². The number of nitrogens with zero attached hydrogens (tertiary/aromatic N) is 2. The zero-order chi connectivity index (χ0) is 28.7. The first-order valence-corrected chi connectivity index (χ1v) is 15.1. The van der Waals surface area contributed by atoms with Gasteiger partial charge < -0.3 is 10.2 Å². The number of halogens is 3. The Hall–Kier alpha value is -2.93. The van der Waals surface area contributed by atoms with Gasteiger partial charge in [0.25, 0.3) is 11.8 Å². The summed E-state index contributed by atoms with van der Waals surface area (Å²) in [6.07, 6.45) is 4.58. The molecule has 3 aliphatic rings.